The first-order chi connectivity index (χ1) is 13.9. The summed E-state index contributed by atoms with van der Waals surface area (Å²) in [5.41, 5.74) is 3.47. The third-order valence-electron chi connectivity index (χ3n) is 4.49. The summed E-state index contributed by atoms with van der Waals surface area (Å²) in [6.07, 6.45) is 1.26. The van der Waals surface area contributed by atoms with Gasteiger partial charge in [0.05, 0.1) is 0 Å². The summed E-state index contributed by atoms with van der Waals surface area (Å²) in [5.74, 6) is 0.0918. The fourth-order valence-corrected chi connectivity index (χ4v) is 3.27. The lowest BCUT2D eigenvalue weighted by molar-refractivity contribution is -0.123. The summed E-state index contributed by atoms with van der Waals surface area (Å²) in [6.45, 7) is 1.99. The maximum Gasteiger partial charge on any atom is 0.257 e. The molecule has 3 N–H and O–H groups in total. The van der Waals surface area contributed by atoms with E-state index in [1.807, 2.05) is 31.2 Å². The first-order valence-electron chi connectivity index (χ1n) is 9.29. The lowest BCUT2D eigenvalue weighted by Gasteiger charge is -2.17. The number of hydrogen-bond donors (Lipinski definition) is 3. The molecule has 0 aliphatic carbocycles. The van der Waals surface area contributed by atoms with Gasteiger partial charge in [-0.15, -0.1) is 0 Å². The van der Waals surface area contributed by atoms with E-state index in [0.29, 0.717) is 18.6 Å². The van der Waals surface area contributed by atoms with Crippen LogP contribution in [0.15, 0.2) is 40.9 Å². The Hall–Kier alpha value is -2.87. The fourth-order valence-electron chi connectivity index (χ4n) is 2.91. The zero-order valence-electron chi connectivity index (χ0n) is 16.0. The summed E-state index contributed by atoms with van der Waals surface area (Å²) in [5, 5.41) is 8.31. The van der Waals surface area contributed by atoms with E-state index < -0.39 is 0 Å². The Morgan fingerprint density at radius 3 is 2.79 bits per heavy atom. The molecule has 0 atom stereocenters. The van der Waals surface area contributed by atoms with Crippen molar-refractivity contribution < 1.29 is 19.1 Å². The van der Waals surface area contributed by atoms with Gasteiger partial charge in [-0.25, -0.2) is 0 Å². The number of carbonyl (C=O) groups is 3. The normalized spacial score (nSPS) is 12.6. The third-order valence-corrected chi connectivity index (χ3v) is 4.98. The minimum Gasteiger partial charge on any atom is -0.484 e. The summed E-state index contributed by atoms with van der Waals surface area (Å²) in [6, 6.07) is 11.0. The standard InChI is InChI=1S/C21H22BrN3O4/c1-13-2-4-15(22)11-18(13)25-20(27)8-9-23-21(28)12-29-16-5-6-17-14(10-16)3-7-19(26)24-17/h2,4-6,10-11H,3,7-9,12H2,1H3,(H,23,28)(H,24,26)(H,25,27). The smallest absolute Gasteiger partial charge is 0.257 e. The zero-order valence-corrected chi connectivity index (χ0v) is 17.6. The molecular formula is C21H22BrN3O4. The van der Waals surface area contributed by atoms with Gasteiger partial charge in [0.1, 0.15) is 5.75 Å². The molecule has 3 amide bonds. The molecule has 152 valence electrons. The number of benzene rings is 2. The molecule has 0 bridgehead atoms. The second kappa shape index (κ2) is 9.56. The highest BCUT2D eigenvalue weighted by Crippen LogP contribution is 2.26. The van der Waals surface area contributed by atoms with Crippen LogP contribution in [0.4, 0.5) is 11.4 Å². The average Bonchev–Trinajstić information content (AvgIpc) is 2.69. The van der Waals surface area contributed by atoms with Crippen LogP contribution < -0.4 is 20.7 Å². The molecule has 1 heterocycles. The number of aryl methyl sites for hydroxylation is 2. The summed E-state index contributed by atoms with van der Waals surface area (Å²) in [7, 11) is 0. The summed E-state index contributed by atoms with van der Waals surface area (Å²) < 4.78 is 6.40. The zero-order chi connectivity index (χ0) is 20.8. The highest BCUT2D eigenvalue weighted by molar-refractivity contribution is 9.10. The third kappa shape index (κ3) is 6.05. The fraction of sp³-hybridized carbons (Fsp3) is 0.286. The number of amides is 3. The summed E-state index contributed by atoms with van der Waals surface area (Å²) >= 11 is 3.38. The van der Waals surface area contributed by atoms with E-state index in [4.69, 9.17) is 4.74 Å². The van der Waals surface area contributed by atoms with Gasteiger partial charge in [-0.3, -0.25) is 14.4 Å². The molecule has 0 saturated heterocycles. The van der Waals surface area contributed by atoms with Crippen molar-refractivity contribution >= 4 is 45.0 Å². The van der Waals surface area contributed by atoms with Crippen LogP contribution in [0.2, 0.25) is 0 Å². The van der Waals surface area contributed by atoms with Crippen molar-refractivity contribution in [1.82, 2.24) is 5.32 Å². The van der Waals surface area contributed by atoms with Crippen molar-refractivity contribution in [3.05, 3.63) is 52.0 Å². The number of nitrogens with one attached hydrogen (secondary N) is 3. The quantitative estimate of drug-likeness (QED) is 0.592. The molecule has 0 aromatic heterocycles. The van der Waals surface area contributed by atoms with Gasteiger partial charge in [0.15, 0.2) is 6.61 Å². The first kappa shape index (κ1) is 20.9. The monoisotopic (exact) mass is 459 g/mol. The molecular weight excluding hydrogens is 438 g/mol. The number of anilines is 2. The number of ether oxygens (including phenoxy) is 1. The van der Waals surface area contributed by atoms with Gasteiger partial charge in [0.2, 0.25) is 11.8 Å². The van der Waals surface area contributed by atoms with Crippen molar-refractivity contribution in [3.63, 3.8) is 0 Å². The maximum absolute atomic E-state index is 12.1. The molecule has 29 heavy (non-hydrogen) atoms. The van der Waals surface area contributed by atoms with Crippen LogP contribution in [0.5, 0.6) is 5.75 Å². The minimum atomic E-state index is -0.303. The van der Waals surface area contributed by atoms with Gasteiger partial charge < -0.3 is 20.7 Å². The highest BCUT2D eigenvalue weighted by Gasteiger charge is 2.15. The largest absolute Gasteiger partial charge is 0.484 e. The van der Waals surface area contributed by atoms with Gasteiger partial charge >= 0.3 is 0 Å². The van der Waals surface area contributed by atoms with Gasteiger partial charge in [0.25, 0.3) is 5.91 Å². The van der Waals surface area contributed by atoms with E-state index >= 15 is 0 Å². The van der Waals surface area contributed by atoms with Crippen LogP contribution in [0.25, 0.3) is 0 Å². The Labute approximate surface area is 177 Å². The van der Waals surface area contributed by atoms with Crippen molar-refractivity contribution in [2.45, 2.75) is 26.2 Å². The molecule has 1 aliphatic heterocycles. The highest BCUT2D eigenvalue weighted by atomic mass is 79.9. The number of fused-ring (bicyclic) bond motifs is 1. The van der Waals surface area contributed by atoms with E-state index in [9.17, 15) is 14.4 Å². The molecule has 0 fully saturated rings. The average molecular weight is 460 g/mol. The van der Waals surface area contributed by atoms with Crippen molar-refractivity contribution in [2.24, 2.45) is 0 Å². The maximum atomic E-state index is 12.1. The van der Waals surface area contributed by atoms with E-state index in [-0.39, 0.29) is 37.3 Å². The molecule has 0 saturated carbocycles. The van der Waals surface area contributed by atoms with Crippen LogP contribution in [-0.2, 0) is 20.8 Å². The number of rotatable bonds is 7. The Morgan fingerprint density at radius 2 is 1.97 bits per heavy atom. The van der Waals surface area contributed by atoms with Gasteiger partial charge in [-0.05, 0) is 54.8 Å². The van der Waals surface area contributed by atoms with Crippen molar-refractivity contribution in [3.8, 4) is 5.75 Å². The van der Waals surface area contributed by atoms with Crippen LogP contribution in [0, 0.1) is 6.92 Å². The molecule has 8 heteroatoms. The van der Waals surface area contributed by atoms with E-state index in [2.05, 4.69) is 31.9 Å². The predicted octanol–water partition coefficient (Wildman–Crippen LogP) is 3.17. The number of carbonyl (C=O) groups excluding carboxylic acids is 3. The van der Waals surface area contributed by atoms with Crippen LogP contribution in [-0.4, -0.2) is 30.9 Å². The molecule has 3 rings (SSSR count). The first-order valence-corrected chi connectivity index (χ1v) is 10.1. The molecule has 2 aromatic carbocycles. The Morgan fingerprint density at radius 1 is 1.14 bits per heavy atom. The Bertz CT molecular complexity index is 946. The molecule has 7 nitrogen and oxygen atoms in total. The van der Waals surface area contributed by atoms with Crippen molar-refractivity contribution in [1.29, 1.82) is 0 Å². The van der Waals surface area contributed by atoms with E-state index in [0.717, 1.165) is 27.0 Å². The van der Waals surface area contributed by atoms with Crippen LogP contribution in [0.1, 0.15) is 24.0 Å². The van der Waals surface area contributed by atoms with Gasteiger partial charge in [-0.1, -0.05) is 22.0 Å². The minimum absolute atomic E-state index is 0.00430. The van der Waals surface area contributed by atoms with Gasteiger partial charge in [-0.2, -0.15) is 0 Å². The summed E-state index contributed by atoms with van der Waals surface area (Å²) in [4.78, 5) is 35.4. The Kier molecular flexibility index (Phi) is 6.87. The number of halogens is 1. The topological polar surface area (TPSA) is 96.5 Å². The Balaban J connectivity index is 1.39. The van der Waals surface area contributed by atoms with E-state index in [1.165, 1.54) is 0 Å². The second-order valence-corrected chi connectivity index (χ2v) is 7.68. The van der Waals surface area contributed by atoms with Crippen molar-refractivity contribution in [2.75, 3.05) is 23.8 Å². The molecule has 0 spiro atoms. The number of hydrogen-bond acceptors (Lipinski definition) is 4. The lowest BCUT2D eigenvalue weighted by atomic mass is 10.0. The van der Waals surface area contributed by atoms with Crippen LogP contribution in [0.3, 0.4) is 0 Å². The van der Waals surface area contributed by atoms with E-state index in [1.54, 1.807) is 12.1 Å². The predicted molar refractivity (Wildman–Crippen MR) is 114 cm³/mol. The SMILES string of the molecule is Cc1ccc(Br)cc1NC(=O)CCNC(=O)COc1ccc2c(c1)CCC(=O)N2. The molecule has 0 unspecified atom stereocenters. The molecule has 2 aromatic rings. The second-order valence-electron chi connectivity index (χ2n) is 6.76. The lowest BCUT2D eigenvalue weighted by Crippen LogP contribution is -2.31. The molecule has 0 radical (unpaired) electrons. The van der Waals surface area contributed by atoms with Gasteiger partial charge in [0, 0.05) is 35.2 Å². The van der Waals surface area contributed by atoms with Crippen LogP contribution >= 0.6 is 15.9 Å². The molecule has 1 aliphatic rings.